The molecule has 0 saturated carbocycles. The number of rotatable bonds is 7. The topological polar surface area (TPSA) is 94.8 Å². The van der Waals surface area contributed by atoms with Crippen LogP contribution in [0.3, 0.4) is 0 Å². The Morgan fingerprint density at radius 3 is 2.72 bits per heavy atom. The fourth-order valence-electron chi connectivity index (χ4n) is 7.24. The summed E-state index contributed by atoms with van der Waals surface area (Å²) in [7, 11) is 2.10. The zero-order chi connectivity index (χ0) is 32.7. The van der Waals surface area contributed by atoms with E-state index >= 15 is 0 Å². The lowest BCUT2D eigenvalue weighted by Crippen LogP contribution is -2.55. The molecule has 2 atom stereocenters. The molecule has 9 nitrogen and oxygen atoms in total. The third-order valence-electron chi connectivity index (χ3n) is 9.66. The van der Waals surface area contributed by atoms with Crippen molar-refractivity contribution in [3.63, 3.8) is 0 Å². The van der Waals surface area contributed by atoms with Gasteiger partial charge >= 0.3 is 6.01 Å². The number of ether oxygens (including phenoxy) is 2. The molecule has 1 aromatic heterocycles. The number of amides is 1. The van der Waals surface area contributed by atoms with E-state index in [-0.39, 0.29) is 31.6 Å². The molecule has 1 amide bonds. The molecule has 11 heteroatoms. The summed E-state index contributed by atoms with van der Waals surface area (Å²) in [6.07, 6.45) is 3.86. The molecule has 0 aliphatic carbocycles. The number of benzene rings is 3. The van der Waals surface area contributed by atoms with Crippen LogP contribution >= 0.6 is 11.6 Å². The zero-order valence-electron chi connectivity index (χ0n) is 26.3. The van der Waals surface area contributed by atoms with Gasteiger partial charge in [-0.2, -0.15) is 15.2 Å². The van der Waals surface area contributed by atoms with Crippen LogP contribution < -0.4 is 14.4 Å². The highest BCUT2D eigenvalue weighted by molar-refractivity contribution is 6.36. The quantitative estimate of drug-likeness (QED) is 0.214. The first-order valence-corrected chi connectivity index (χ1v) is 16.5. The monoisotopic (exact) mass is 654 g/mol. The molecule has 4 heterocycles. The van der Waals surface area contributed by atoms with Crippen LogP contribution in [-0.2, 0) is 11.2 Å². The highest BCUT2D eigenvalue weighted by atomic mass is 35.5. The van der Waals surface area contributed by atoms with Gasteiger partial charge in [0.2, 0.25) is 0 Å². The maximum Gasteiger partial charge on any atom is 0.319 e. The van der Waals surface area contributed by atoms with Gasteiger partial charge in [0.1, 0.15) is 18.2 Å². The van der Waals surface area contributed by atoms with Gasteiger partial charge in [-0.1, -0.05) is 48.5 Å². The summed E-state index contributed by atoms with van der Waals surface area (Å²) in [5.74, 6) is -0.481. The van der Waals surface area contributed by atoms with Crippen LogP contribution in [0.25, 0.3) is 32.8 Å². The first-order chi connectivity index (χ1) is 22.8. The van der Waals surface area contributed by atoms with Gasteiger partial charge in [-0.3, -0.25) is 4.79 Å². The third-order valence-corrected chi connectivity index (χ3v) is 9.99. The number of hydrogen-bond acceptors (Lipinski definition) is 8. The van der Waals surface area contributed by atoms with Crippen molar-refractivity contribution < 1.29 is 18.7 Å². The summed E-state index contributed by atoms with van der Waals surface area (Å²) in [6, 6.07) is 16.3. The van der Waals surface area contributed by atoms with E-state index in [0.29, 0.717) is 36.1 Å². The van der Waals surface area contributed by atoms with Crippen LogP contribution in [0.2, 0.25) is 5.02 Å². The summed E-state index contributed by atoms with van der Waals surface area (Å²) in [4.78, 5) is 28.3. The van der Waals surface area contributed by atoms with Crippen molar-refractivity contribution in [2.75, 3.05) is 51.3 Å². The lowest BCUT2D eigenvalue weighted by atomic mass is 9.89. The van der Waals surface area contributed by atoms with Crippen LogP contribution in [0, 0.1) is 11.3 Å². The standard InChI is InChI=1S/C36H36ClFN6O3/c1-22(38)35(45)44-17-16-43(20-23(44)13-14-39)34-32-31(40-36(41-34)47-21-24-7-5-15-42(24)2)19-29(28-10-6-18-46-33(28)32)26-11-12-30(37)27-9-4-3-8-25(26)27/h3-4,8-9,11-12,19,23-24H,1,5-7,10,13,15-18,20-21H2,2H3/t23-,24-/m0/s1. The molecule has 0 N–H and O–H groups in total. The summed E-state index contributed by atoms with van der Waals surface area (Å²) >= 11 is 6.62. The Hall–Kier alpha value is -4.46. The molecule has 4 aromatic rings. The number of fused-ring (bicyclic) bond motifs is 4. The maximum absolute atomic E-state index is 14.0. The minimum Gasteiger partial charge on any atom is -0.492 e. The molecule has 3 aromatic carbocycles. The van der Waals surface area contributed by atoms with E-state index in [2.05, 4.69) is 42.8 Å². The molecule has 0 bridgehead atoms. The SMILES string of the molecule is C=C(F)C(=O)N1CCN(c2nc(OC[C@@H]3CCCN3C)nc3cc(-c4ccc(Cl)c5ccccc45)c4c(c23)OCCC4)C[C@@H]1CC#N. The summed E-state index contributed by atoms with van der Waals surface area (Å²) in [6.45, 7) is 6.09. The van der Waals surface area contributed by atoms with Crippen molar-refractivity contribution in [3.05, 3.63) is 65.5 Å². The third kappa shape index (κ3) is 5.83. The van der Waals surface area contributed by atoms with Gasteiger partial charge < -0.3 is 24.2 Å². The van der Waals surface area contributed by atoms with Gasteiger partial charge in [-0.15, -0.1) is 0 Å². The highest BCUT2D eigenvalue weighted by Gasteiger charge is 2.35. The molecule has 47 heavy (non-hydrogen) atoms. The van der Waals surface area contributed by atoms with Gasteiger partial charge in [0.05, 0.1) is 36.0 Å². The van der Waals surface area contributed by atoms with E-state index in [0.717, 1.165) is 70.8 Å². The number of nitriles is 1. The lowest BCUT2D eigenvalue weighted by Gasteiger charge is -2.41. The Morgan fingerprint density at radius 2 is 1.96 bits per heavy atom. The number of hydrogen-bond donors (Lipinski definition) is 0. The average Bonchev–Trinajstić information content (AvgIpc) is 3.51. The van der Waals surface area contributed by atoms with Crippen molar-refractivity contribution in [1.29, 1.82) is 5.26 Å². The smallest absolute Gasteiger partial charge is 0.319 e. The molecule has 0 radical (unpaired) electrons. The van der Waals surface area contributed by atoms with Crippen molar-refractivity contribution in [1.82, 2.24) is 19.8 Å². The highest BCUT2D eigenvalue weighted by Crippen LogP contribution is 2.46. The molecule has 3 aliphatic rings. The van der Waals surface area contributed by atoms with E-state index in [1.54, 1.807) is 0 Å². The molecule has 242 valence electrons. The number of aromatic nitrogens is 2. The maximum atomic E-state index is 14.0. The molecule has 0 unspecified atom stereocenters. The van der Waals surface area contributed by atoms with Crippen LogP contribution in [0.1, 0.15) is 31.2 Å². The van der Waals surface area contributed by atoms with Gasteiger partial charge in [0.15, 0.2) is 5.83 Å². The largest absolute Gasteiger partial charge is 0.492 e. The minimum atomic E-state index is -1.04. The number of carbonyl (C=O) groups excluding carboxylic acids is 1. The number of carbonyl (C=O) groups is 1. The first-order valence-electron chi connectivity index (χ1n) is 16.1. The molecular formula is C36H36ClFN6O3. The summed E-state index contributed by atoms with van der Waals surface area (Å²) in [5.41, 5.74) is 3.80. The molecule has 7 rings (SSSR count). The van der Waals surface area contributed by atoms with Crippen molar-refractivity contribution in [3.8, 4) is 29.0 Å². The second kappa shape index (κ2) is 13.0. The Labute approximate surface area is 278 Å². The Morgan fingerprint density at radius 1 is 1.13 bits per heavy atom. The van der Waals surface area contributed by atoms with Gasteiger partial charge in [-0.05, 0) is 67.9 Å². The van der Waals surface area contributed by atoms with E-state index in [9.17, 15) is 14.4 Å². The van der Waals surface area contributed by atoms with E-state index < -0.39 is 17.8 Å². The van der Waals surface area contributed by atoms with Crippen LogP contribution in [0.4, 0.5) is 10.2 Å². The Balaban J connectivity index is 1.39. The summed E-state index contributed by atoms with van der Waals surface area (Å²) < 4.78 is 26.7. The molecule has 2 saturated heterocycles. The normalized spacial score (nSPS) is 19.8. The molecular weight excluding hydrogens is 619 g/mol. The van der Waals surface area contributed by atoms with Gasteiger partial charge in [-0.25, -0.2) is 4.39 Å². The van der Waals surface area contributed by atoms with Crippen LogP contribution in [0.15, 0.2) is 54.9 Å². The van der Waals surface area contributed by atoms with E-state index in [1.807, 2.05) is 29.2 Å². The lowest BCUT2D eigenvalue weighted by molar-refractivity contribution is -0.131. The number of piperazine rings is 1. The minimum absolute atomic E-state index is 0.0400. The number of likely N-dealkylation sites (N-methyl/N-ethyl adjacent to an activating group) is 1. The van der Waals surface area contributed by atoms with Crippen molar-refractivity contribution in [2.45, 2.75) is 44.2 Å². The number of likely N-dealkylation sites (tertiary alicyclic amines) is 1. The molecule has 3 aliphatic heterocycles. The van der Waals surface area contributed by atoms with Crippen molar-refractivity contribution >= 4 is 45.0 Å². The fourth-order valence-corrected chi connectivity index (χ4v) is 7.47. The molecule has 2 fully saturated rings. The summed E-state index contributed by atoms with van der Waals surface area (Å²) in [5, 5.41) is 13.1. The average molecular weight is 655 g/mol. The number of nitrogens with zero attached hydrogens (tertiary/aromatic N) is 6. The second-order valence-electron chi connectivity index (χ2n) is 12.5. The molecule has 0 spiro atoms. The van der Waals surface area contributed by atoms with E-state index in [1.165, 1.54) is 4.90 Å². The van der Waals surface area contributed by atoms with E-state index in [4.69, 9.17) is 31.0 Å². The Kier molecular flexibility index (Phi) is 8.60. The Bertz CT molecular complexity index is 1930. The van der Waals surface area contributed by atoms with Gasteiger partial charge in [0.25, 0.3) is 5.91 Å². The number of halogens is 2. The predicted molar refractivity (Wildman–Crippen MR) is 181 cm³/mol. The predicted octanol–water partition coefficient (Wildman–Crippen LogP) is 6.32. The van der Waals surface area contributed by atoms with Crippen LogP contribution in [-0.4, -0.2) is 84.2 Å². The van der Waals surface area contributed by atoms with Crippen LogP contribution in [0.5, 0.6) is 11.8 Å². The fraction of sp³-hybridized carbons (Fsp3) is 0.389. The van der Waals surface area contributed by atoms with Crippen molar-refractivity contribution in [2.24, 2.45) is 0 Å². The first kappa shape index (κ1) is 31.2. The second-order valence-corrected chi connectivity index (χ2v) is 12.9. The van der Waals surface area contributed by atoms with Gasteiger partial charge in [0, 0.05) is 41.6 Å². The zero-order valence-corrected chi connectivity index (χ0v) is 27.1. The number of anilines is 1.